The third-order valence-corrected chi connectivity index (χ3v) is 5.20. The first kappa shape index (κ1) is 21.9. The molecule has 0 fully saturated rings. The molecular formula is C18H13F6N3O2S. The molecule has 2 amide bonds. The topological polar surface area (TPSA) is 62.3 Å². The van der Waals surface area contributed by atoms with Crippen molar-refractivity contribution in [1.82, 2.24) is 4.98 Å². The molecule has 30 heavy (non-hydrogen) atoms. The number of hydrogen-bond donors (Lipinski definition) is 1. The van der Waals surface area contributed by atoms with Gasteiger partial charge in [-0.3, -0.25) is 14.5 Å². The Kier molecular flexibility index (Phi) is 5.72. The average molecular weight is 449 g/mol. The van der Waals surface area contributed by atoms with Crippen molar-refractivity contribution < 1.29 is 35.9 Å². The molecule has 1 atom stereocenters. The minimum Gasteiger partial charge on any atom is -0.323 e. The molecule has 12 heteroatoms. The molecule has 1 aliphatic rings. The average Bonchev–Trinajstić information content (AvgIpc) is 2.65. The minimum absolute atomic E-state index is 0.0976. The highest BCUT2D eigenvalue weighted by atomic mass is 32.2. The number of fused-ring (bicyclic) bond motifs is 1. The fourth-order valence-electron chi connectivity index (χ4n) is 2.73. The molecule has 0 saturated carbocycles. The van der Waals surface area contributed by atoms with E-state index in [0.29, 0.717) is 6.20 Å². The van der Waals surface area contributed by atoms with Gasteiger partial charge < -0.3 is 5.32 Å². The number of thioether (sulfide) groups is 1. The zero-order valence-electron chi connectivity index (χ0n) is 15.1. The molecular weight excluding hydrogens is 436 g/mol. The summed E-state index contributed by atoms with van der Waals surface area (Å²) in [6.07, 6.45) is -8.52. The number of benzene rings is 1. The third-order valence-electron chi connectivity index (χ3n) is 4.17. The van der Waals surface area contributed by atoms with E-state index in [-0.39, 0.29) is 16.4 Å². The Bertz CT molecular complexity index is 975. The second-order valence-electron chi connectivity index (χ2n) is 6.35. The predicted octanol–water partition coefficient (Wildman–Crippen LogP) is 4.59. The summed E-state index contributed by atoms with van der Waals surface area (Å²) < 4.78 is 76.6. The molecule has 1 unspecified atom stereocenters. The van der Waals surface area contributed by atoms with E-state index < -0.39 is 47.1 Å². The van der Waals surface area contributed by atoms with E-state index in [2.05, 4.69) is 10.3 Å². The Hall–Kier alpha value is -2.76. The molecule has 1 aromatic heterocycles. The predicted molar refractivity (Wildman–Crippen MR) is 97.0 cm³/mol. The van der Waals surface area contributed by atoms with Crippen LogP contribution in [0.4, 0.5) is 37.7 Å². The van der Waals surface area contributed by atoms with Gasteiger partial charge in [-0.25, -0.2) is 4.98 Å². The molecule has 0 spiro atoms. The molecule has 0 bridgehead atoms. The second-order valence-corrected chi connectivity index (χ2v) is 7.71. The van der Waals surface area contributed by atoms with Gasteiger partial charge in [-0.15, -0.1) is 0 Å². The van der Waals surface area contributed by atoms with Crippen molar-refractivity contribution in [2.45, 2.75) is 29.6 Å². The van der Waals surface area contributed by atoms with Gasteiger partial charge in [0.15, 0.2) is 0 Å². The van der Waals surface area contributed by atoms with Crippen LogP contribution < -0.4 is 10.2 Å². The van der Waals surface area contributed by atoms with Crippen molar-refractivity contribution in [3.63, 3.8) is 0 Å². The van der Waals surface area contributed by atoms with Crippen LogP contribution in [0.5, 0.6) is 0 Å². The lowest BCUT2D eigenvalue weighted by molar-refractivity contribution is -0.138. The van der Waals surface area contributed by atoms with E-state index in [1.165, 1.54) is 6.92 Å². The van der Waals surface area contributed by atoms with Crippen molar-refractivity contribution in [3.8, 4) is 0 Å². The van der Waals surface area contributed by atoms with Crippen LogP contribution in [0.3, 0.4) is 0 Å². The van der Waals surface area contributed by atoms with E-state index >= 15 is 0 Å². The number of halogens is 6. The lowest BCUT2D eigenvalue weighted by Crippen LogP contribution is -2.45. The lowest BCUT2D eigenvalue weighted by Gasteiger charge is -2.31. The summed E-state index contributed by atoms with van der Waals surface area (Å²) in [7, 11) is 0. The second kappa shape index (κ2) is 7.82. The van der Waals surface area contributed by atoms with E-state index in [9.17, 15) is 35.9 Å². The normalized spacial score (nSPS) is 15.4. The highest BCUT2D eigenvalue weighted by Crippen LogP contribution is 2.38. The van der Waals surface area contributed by atoms with Crippen LogP contribution in [0, 0.1) is 0 Å². The van der Waals surface area contributed by atoms with Crippen LogP contribution >= 0.6 is 11.8 Å². The summed E-state index contributed by atoms with van der Waals surface area (Å²) >= 11 is 0.867. The molecule has 5 nitrogen and oxygen atoms in total. The number of aromatic nitrogens is 1. The first-order valence-corrected chi connectivity index (χ1v) is 9.26. The molecule has 2 aromatic rings. The number of nitrogens with zero attached hydrogens (tertiary/aromatic N) is 2. The molecule has 160 valence electrons. The molecule has 1 aliphatic heterocycles. The molecule has 1 aromatic carbocycles. The number of alkyl halides is 6. The molecule has 2 heterocycles. The largest absolute Gasteiger partial charge is 0.417 e. The van der Waals surface area contributed by atoms with Gasteiger partial charge >= 0.3 is 12.4 Å². The lowest BCUT2D eigenvalue weighted by atomic mass is 10.1. The third kappa shape index (κ3) is 4.69. The van der Waals surface area contributed by atoms with Crippen LogP contribution in [0.15, 0.2) is 41.6 Å². The molecule has 1 N–H and O–H groups in total. The standard InChI is InChI=1S/C18H13F6N3O2S/c1-9(30-15-5-3-11(7-25-15)18(22,23)24)16(29)27-8-14(28)26-12-6-10(17(19,20)21)2-4-13(12)27/h2-7,9H,8H2,1H3,(H,26,28). The van der Waals surface area contributed by atoms with E-state index in [1.54, 1.807) is 0 Å². The Labute approximate surface area is 170 Å². The van der Waals surface area contributed by atoms with Gasteiger partial charge in [-0.1, -0.05) is 11.8 Å². The Morgan fingerprint density at radius 1 is 1.10 bits per heavy atom. The zero-order chi connectivity index (χ0) is 22.3. The number of pyridine rings is 1. The minimum atomic E-state index is -4.62. The number of rotatable bonds is 3. The van der Waals surface area contributed by atoms with Crippen molar-refractivity contribution in [1.29, 1.82) is 0 Å². The molecule has 0 saturated heterocycles. The highest BCUT2D eigenvalue weighted by Gasteiger charge is 2.35. The Morgan fingerprint density at radius 2 is 1.73 bits per heavy atom. The van der Waals surface area contributed by atoms with Crippen molar-refractivity contribution >= 4 is 35.0 Å². The number of carbonyl (C=O) groups excluding carboxylic acids is 2. The van der Waals surface area contributed by atoms with Gasteiger partial charge in [0.25, 0.3) is 0 Å². The molecule has 3 rings (SSSR count). The first-order chi connectivity index (χ1) is 13.9. The van der Waals surface area contributed by atoms with Crippen LogP contribution in [-0.2, 0) is 21.9 Å². The van der Waals surface area contributed by atoms with Crippen LogP contribution in [0.25, 0.3) is 0 Å². The quantitative estimate of drug-likeness (QED) is 0.550. The summed E-state index contributed by atoms with van der Waals surface area (Å²) in [5.74, 6) is -1.27. The van der Waals surface area contributed by atoms with Gasteiger partial charge in [0.05, 0.1) is 32.8 Å². The smallest absolute Gasteiger partial charge is 0.323 e. The number of nitrogens with one attached hydrogen (secondary N) is 1. The number of amides is 2. The maximum Gasteiger partial charge on any atom is 0.417 e. The van der Waals surface area contributed by atoms with Crippen molar-refractivity contribution in [3.05, 3.63) is 47.7 Å². The van der Waals surface area contributed by atoms with Gasteiger partial charge in [0.1, 0.15) is 6.54 Å². The van der Waals surface area contributed by atoms with Gasteiger partial charge in [0, 0.05) is 6.20 Å². The highest BCUT2D eigenvalue weighted by molar-refractivity contribution is 8.00. The van der Waals surface area contributed by atoms with Crippen molar-refractivity contribution in [2.24, 2.45) is 0 Å². The number of carbonyl (C=O) groups is 2. The van der Waals surface area contributed by atoms with Crippen molar-refractivity contribution in [2.75, 3.05) is 16.8 Å². The summed E-state index contributed by atoms with van der Waals surface area (Å²) in [6.45, 7) is 1.06. The van der Waals surface area contributed by atoms with E-state index in [0.717, 1.165) is 47.0 Å². The Balaban J connectivity index is 1.80. The van der Waals surface area contributed by atoms with Gasteiger partial charge in [-0.05, 0) is 37.3 Å². The molecule has 0 aliphatic carbocycles. The van der Waals surface area contributed by atoms with E-state index in [4.69, 9.17) is 0 Å². The number of anilines is 2. The van der Waals surface area contributed by atoms with Crippen LogP contribution in [-0.4, -0.2) is 28.6 Å². The summed E-state index contributed by atoms with van der Waals surface area (Å²) in [5, 5.41) is 1.59. The maximum atomic E-state index is 12.9. The number of hydrogen-bond acceptors (Lipinski definition) is 4. The maximum absolute atomic E-state index is 12.9. The summed E-state index contributed by atoms with van der Waals surface area (Å²) in [5.41, 5.74) is -1.97. The zero-order valence-corrected chi connectivity index (χ0v) is 16.0. The first-order valence-electron chi connectivity index (χ1n) is 8.38. The fourth-order valence-corrected chi connectivity index (χ4v) is 3.58. The summed E-state index contributed by atoms with van der Waals surface area (Å²) in [4.78, 5) is 29.4. The van der Waals surface area contributed by atoms with Crippen LogP contribution in [0.2, 0.25) is 0 Å². The molecule has 0 radical (unpaired) electrons. The monoisotopic (exact) mass is 449 g/mol. The fraction of sp³-hybridized carbons (Fsp3) is 0.278. The van der Waals surface area contributed by atoms with Gasteiger partial charge in [-0.2, -0.15) is 26.3 Å². The Morgan fingerprint density at radius 3 is 2.30 bits per heavy atom. The van der Waals surface area contributed by atoms with E-state index in [1.807, 2.05) is 0 Å². The van der Waals surface area contributed by atoms with Crippen LogP contribution in [0.1, 0.15) is 18.1 Å². The SMILES string of the molecule is CC(Sc1ccc(C(F)(F)F)cn1)C(=O)N1CC(=O)Nc2cc(C(F)(F)F)ccc21. The van der Waals surface area contributed by atoms with Gasteiger partial charge in [0.2, 0.25) is 11.8 Å². The summed E-state index contributed by atoms with van der Waals surface area (Å²) in [6, 6.07) is 4.57.